The molecule has 1 unspecified atom stereocenters. The lowest BCUT2D eigenvalue weighted by Crippen LogP contribution is -2.37. The van der Waals surface area contributed by atoms with Crippen LogP contribution in [0.15, 0.2) is 43.0 Å². The molecule has 2 aromatic heterocycles. The monoisotopic (exact) mass is 548 g/mol. The van der Waals surface area contributed by atoms with Crippen molar-refractivity contribution < 1.29 is 33.0 Å². The minimum Gasteiger partial charge on any atom is -0.462 e. The Hall–Kier alpha value is -3.09. The Morgan fingerprint density at radius 2 is 1.95 bits per heavy atom. The number of hydrogen-bond donors (Lipinski definition) is 3. The second kappa shape index (κ2) is 11.7. The SMILES string of the molecule is CNc1ncnc2c1ncn2[C@@H]1O[C@H](COP(=O)(N[C@@H](C)C(=O)OC(C)C)Oc2ccccc2)[C@@H](O)[C@@H]1C. The summed E-state index contributed by atoms with van der Waals surface area (Å²) in [5.41, 5.74) is 1.10. The largest absolute Gasteiger partial charge is 0.462 e. The number of rotatable bonds is 11. The second-order valence-corrected chi connectivity index (χ2v) is 10.9. The van der Waals surface area contributed by atoms with Gasteiger partial charge in [0.05, 0.1) is 25.1 Å². The summed E-state index contributed by atoms with van der Waals surface area (Å²) in [5.74, 6) is -0.149. The Labute approximate surface area is 220 Å². The van der Waals surface area contributed by atoms with Crippen LogP contribution in [0.2, 0.25) is 0 Å². The van der Waals surface area contributed by atoms with Crippen molar-refractivity contribution in [1.29, 1.82) is 0 Å². The molecule has 0 bridgehead atoms. The molecule has 6 atom stereocenters. The second-order valence-electron chi connectivity index (χ2n) is 9.25. The first kappa shape index (κ1) is 27.9. The number of para-hydroxylation sites is 1. The maximum Gasteiger partial charge on any atom is 0.459 e. The van der Waals surface area contributed by atoms with Crippen LogP contribution in [0.5, 0.6) is 5.75 Å². The fourth-order valence-corrected chi connectivity index (χ4v) is 5.58. The number of aromatic nitrogens is 4. The highest BCUT2D eigenvalue weighted by atomic mass is 31.2. The minimum absolute atomic E-state index is 0.275. The van der Waals surface area contributed by atoms with Gasteiger partial charge in [0.15, 0.2) is 11.5 Å². The van der Waals surface area contributed by atoms with Crippen molar-refractivity contribution in [2.75, 3.05) is 19.0 Å². The van der Waals surface area contributed by atoms with E-state index < -0.39 is 38.2 Å². The van der Waals surface area contributed by atoms with Crippen LogP contribution in [0.4, 0.5) is 5.82 Å². The Kier molecular flexibility index (Phi) is 8.64. The van der Waals surface area contributed by atoms with Crippen LogP contribution in [-0.4, -0.2) is 68.6 Å². The van der Waals surface area contributed by atoms with Crippen LogP contribution >= 0.6 is 7.75 Å². The molecule has 0 spiro atoms. The summed E-state index contributed by atoms with van der Waals surface area (Å²) < 4.78 is 38.2. The minimum atomic E-state index is -4.11. The van der Waals surface area contributed by atoms with Crippen LogP contribution in [-0.2, 0) is 23.4 Å². The molecule has 0 radical (unpaired) electrons. The molecule has 0 amide bonds. The summed E-state index contributed by atoms with van der Waals surface area (Å²) in [7, 11) is -2.38. The van der Waals surface area contributed by atoms with E-state index in [2.05, 4.69) is 25.4 Å². The lowest BCUT2D eigenvalue weighted by Gasteiger charge is -2.25. The molecule has 14 heteroatoms. The zero-order chi connectivity index (χ0) is 27.4. The predicted molar refractivity (Wildman–Crippen MR) is 138 cm³/mol. The number of esters is 1. The average Bonchev–Trinajstić information content (AvgIpc) is 3.43. The van der Waals surface area contributed by atoms with E-state index in [0.717, 1.165) is 0 Å². The molecule has 1 saturated heterocycles. The molecule has 38 heavy (non-hydrogen) atoms. The van der Waals surface area contributed by atoms with Crippen molar-refractivity contribution in [2.45, 2.75) is 58.3 Å². The third-order valence-corrected chi connectivity index (χ3v) is 7.63. The standard InChI is InChI=1S/C24H33N6O7P/c1-14(2)35-24(32)16(4)29-38(33,37-17-9-7-6-8-10-17)34-11-18-20(31)15(3)23(36-18)30-13-28-19-21(25-5)26-12-27-22(19)30/h6-10,12-16,18,20,23,31H,11H2,1-5H3,(H,29,33)(H,25,26,27)/t15-,16-,18+,20-,23+,38?/m0/s1. The topological polar surface area (TPSA) is 159 Å². The van der Waals surface area contributed by atoms with Gasteiger partial charge in [0.1, 0.15) is 36.0 Å². The zero-order valence-electron chi connectivity index (χ0n) is 21.8. The molecule has 0 aliphatic carbocycles. The first-order valence-electron chi connectivity index (χ1n) is 12.3. The lowest BCUT2D eigenvalue weighted by molar-refractivity contribution is -0.149. The van der Waals surface area contributed by atoms with Gasteiger partial charge < -0.3 is 24.4 Å². The van der Waals surface area contributed by atoms with Crippen LogP contribution in [0.1, 0.15) is 33.9 Å². The van der Waals surface area contributed by atoms with E-state index in [4.69, 9.17) is 18.5 Å². The summed E-state index contributed by atoms with van der Waals surface area (Å²) >= 11 is 0. The summed E-state index contributed by atoms with van der Waals surface area (Å²) in [5, 5.41) is 16.6. The Balaban J connectivity index is 1.50. The number of aliphatic hydroxyl groups excluding tert-OH is 1. The van der Waals surface area contributed by atoms with Gasteiger partial charge in [0.25, 0.3) is 0 Å². The number of anilines is 1. The molecule has 3 heterocycles. The summed E-state index contributed by atoms with van der Waals surface area (Å²) in [6, 6.07) is 7.43. The summed E-state index contributed by atoms with van der Waals surface area (Å²) in [6.45, 7) is 6.47. The van der Waals surface area contributed by atoms with Gasteiger partial charge in [0, 0.05) is 13.0 Å². The number of ether oxygens (including phenoxy) is 2. The van der Waals surface area contributed by atoms with Gasteiger partial charge in [-0.05, 0) is 32.9 Å². The maximum atomic E-state index is 13.7. The number of fused-ring (bicyclic) bond motifs is 1. The Bertz CT molecular complexity index is 1290. The van der Waals surface area contributed by atoms with Crippen LogP contribution in [0, 0.1) is 5.92 Å². The number of carbonyl (C=O) groups is 1. The Morgan fingerprint density at radius 1 is 1.21 bits per heavy atom. The van der Waals surface area contributed by atoms with Gasteiger partial charge in [-0.15, -0.1) is 0 Å². The van der Waals surface area contributed by atoms with Crippen LogP contribution in [0.25, 0.3) is 11.2 Å². The highest BCUT2D eigenvalue weighted by Crippen LogP contribution is 2.46. The van der Waals surface area contributed by atoms with Gasteiger partial charge >= 0.3 is 13.7 Å². The number of imidazole rings is 1. The molecular formula is C24H33N6O7P. The van der Waals surface area contributed by atoms with Crippen molar-refractivity contribution in [1.82, 2.24) is 24.6 Å². The molecule has 1 aliphatic rings. The van der Waals surface area contributed by atoms with Crippen molar-refractivity contribution in [3.05, 3.63) is 43.0 Å². The number of carbonyl (C=O) groups excluding carboxylic acids is 1. The van der Waals surface area contributed by atoms with E-state index in [0.29, 0.717) is 17.0 Å². The van der Waals surface area contributed by atoms with Gasteiger partial charge in [0.2, 0.25) is 0 Å². The van der Waals surface area contributed by atoms with E-state index >= 15 is 0 Å². The van der Waals surface area contributed by atoms with E-state index in [1.807, 2.05) is 6.92 Å². The highest BCUT2D eigenvalue weighted by Gasteiger charge is 2.44. The number of benzene rings is 1. The Morgan fingerprint density at radius 3 is 2.63 bits per heavy atom. The van der Waals surface area contributed by atoms with Crippen molar-refractivity contribution in [3.8, 4) is 5.75 Å². The van der Waals surface area contributed by atoms with E-state index in [9.17, 15) is 14.5 Å². The molecule has 1 aliphatic heterocycles. The smallest absolute Gasteiger partial charge is 0.459 e. The average molecular weight is 549 g/mol. The van der Waals surface area contributed by atoms with E-state index in [1.54, 1.807) is 62.1 Å². The number of nitrogens with zero attached hydrogens (tertiary/aromatic N) is 4. The predicted octanol–water partition coefficient (Wildman–Crippen LogP) is 2.90. The van der Waals surface area contributed by atoms with Gasteiger partial charge in [-0.3, -0.25) is 13.9 Å². The molecular weight excluding hydrogens is 515 g/mol. The first-order valence-corrected chi connectivity index (χ1v) is 13.8. The molecule has 206 valence electrons. The van der Waals surface area contributed by atoms with Crippen LogP contribution < -0.4 is 14.9 Å². The fraction of sp³-hybridized carbons (Fsp3) is 0.500. The van der Waals surface area contributed by atoms with Crippen molar-refractivity contribution in [2.24, 2.45) is 5.92 Å². The van der Waals surface area contributed by atoms with Gasteiger partial charge in [-0.25, -0.2) is 19.5 Å². The molecule has 0 saturated carbocycles. The lowest BCUT2D eigenvalue weighted by atomic mass is 10.0. The third-order valence-electron chi connectivity index (χ3n) is 5.99. The van der Waals surface area contributed by atoms with Gasteiger partial charge in [-0.1, -0.05) is 25.1 Å². The zero-order valence-corrected chi connectivity index (χ0v) is 22.7. The first-order chi connectivity index (χ1) is 18.1. The molecule has 3 N–H and O–H groups in total. The van der Waals surface area contributed by atoms with Gasteiger partial charge in [-0.2, -0.15) is 5.09 Å². The third kappa shape index (κ3) is 6.13. The van der Waals surface area contributed by atoms with Crippen molar-refractivity contribution >= 4 is 30.7 Å². The summed E-state index contributed by atoms with van der Waals surface area (Å²) in [4.78, 5) is 25.2. The fourth-order valence-electron chi connectivity index (χ4n) is 4.07. The maximum absolute atomic E-state index is 13.7. The van der Waals surface area contributed by atoms with E-state index in [-0.39, 0.29) is 24.4 Å². The molecule has 4 rings (SSSR count). The quantitative estimate of drug-likeness (QED) is 0.238. The van der Waals surface area contributed by atoms with Crippen LogP contribution in [0.3, 0.4) is 0 Å². The molecule has 1 fully saturated rings. The van der Waals surface area contributed by atoms with E-state index in [1.165, 1.54) is 13.3 Å². The normalized spacial score (nSPS) is 23.8. The highest BCUT2D eigenvalue weighted by molar-refractivity contribution is 7.52. The van der Waals surface area contributed by atoms with Crippen molar-refractivity contribution in [3.63, 3.8) is 0 Å². The number of nitrogens with one attached hydrogen (secondary N) is 2. The number of aliphatic hydroxyl groups is 1. The molecule has 1 aromatic carbocycles. The number of hydrogen-bond acceptors (Lipinski definition) is 11. The molecule has 3 aromatic rings. The summed E-state index contributed by atoms with van der Waals surface area (Å²) in [6.07, 6.45) is 0.200. The molecule has 13 nitrogen and oxygen atoms in total.